The molecule has 0 atom stereocenters. The number of hydrogen-bond acceptors (Lipinski definition) is 8. The maximum atomic E-state index is 12.4. The predicted molar refractivity (Wildman–Crippen MR) is 128 cm³/mol. The summed E-state index contributed by atoms with van der Waals surface area (Å²) in [6.07, 6.45) is 1.68. The molecule has 33 heavy (non-hydrogen) atoms. The van der Waals surface area contributed by atoms with Crippen molar-refractivity contribution in [2.75, 3.05) is 36.5 Å². The SMILES string of the molecule is CC(C)(C)c1csc(NC(=O)NCc2ccccc2Oc2ccnc(N3CCOCC3)n2)n1. The number of para-hydroxylation sites is 1. The monoisotopic (exact) mass is 468 g/mol. The van der Waals surface area contributed by atoms with Crippen molar-refractivity contribution in [3.63, 3.8) is 0 Å². The van der Waals surface area contributed by atoms with Crippen LogP contribution in [-0.4, -0.2) is 47.3 Å². The van der Waals surface area contributed by atoms with Crippen LogP contribution >= 0.6 is 11.3 Å². The topological polar surface area (TPSA) is 102 Å². The van der Waals surface area contributed by atoms with Crippen molar-refractivity contribution in [1.29, 1.82) is 0 Å². The summed E-state index contributed by atoms with van der Waals surface area (Å²) in [7, 11) is 0. The lowest BCUT2D eigenvalue weighted by Crippen LogP contribution is -2.37. The Bertz CT molecular complexity index is 1090. The van der Waals surface area contributed by atoms with Crippen LogP contribution in [0.1, 0.15) is 32.0 Å². The molecule has 0 unspecified atom stereocenters. The maximum absolute atomic E-state index is 12.4. The summed E-state index contributed by atoms with van der Waals surface area (Å²) in [5, 5.41) is 8.20. The Kier molecular flexibility index (Phi) is 7.05. The number of amides is 2. The number of nitrogens with one attached hydrogen (secondary N) is 2. The fraction of sp³-hybridized carbons (Fsp3) is 0.391. The van der Waals surface area contributed by atoms with E-state index in [2.05, 4.69) is 51.3 Å². The first-order valence-electron chi connectivity index (χ1n) is 10.8. The highest BCUT2D eigenvalue weighted by Crippen LogP contribution is 2.27. The van der Waals surface area contributed by atoms with E-state index in [0.717, 1.165) is 24.3 Å². The zero-order valence-electron chi connectivity index (χ0n) is 19.0. The van der Waals surface area contributed by atoms with Crippen molar-refractivity contribution in [1.82, 2.24) is 20.3 Å². The molecule has 1 aromatic carbocycles. The van der Waals surface area contributed by atoms with Gasteiger partial charge in [0.2, 0.25) is 11.8 Å². The molecular weight excluding hydrogens is 440 g/mol. The van der Waals surface area contributed by atoms with Crippen molar-refractivity contribution in [3.8, 4) is 11.6 Å². The summed E-state index contributed by atoms with van der Waals surface area (Å²) in [5.41, 5.74) is 1.71. The van der Waals surface area contributed by atoms with Crippen molar-refractivity contribution in [2.24, 2.45) is 0 Å². The molecule has 0 radical (unpaired) electrons. The van der Waals surface area contributed by atoms with E-state index in [0.29, 0.717) is 42.5 Å². The van der Waals surface area contributed by atoms with Crippen LogP contribution < -0.4 is 20.3 Å². The number of ether oxygens (including phenoxy) is 2. The molecule has 1 aliphatic rings. The van der Waals surface area contributed by atoms with Crippen LogP contribution in [0.5, 0.6) is 11.6 Å². The standard InChI is InChI=1S/C23H28N6O3S/c1-23(2,3)18-15-33-22(26-18)28-21(30)25-14-16-6-4-5-7-17(16)32-19-8-9-24-20(27-19)29-10-12-31-13-11-29/h4-9,15H,10-14H2,1-3H3,(H2,25,26,28,30). The lowest BCUT2D eigenvalue weighted by Gasteiger charge is -2.26. The smallest absolute Gasteiger partial charge is 0.321 e. The zero-order chi connectivity index (χ0) is 23.3. The number of morpholine rings is 1. The second-order valence-electron chi connectivity index (χ2n) is 8.60. The molecule has 10 heteroatoms. The first-order chi connectivity index (χ1) is 15.9. The lowest BCUT2D eigenvalue weighted by atomic mass is 9.93. The third-order valence-corrected chi connectivity index (χ3v) is 5.79. The highest BCUT2D eigenvalue weighted by Gasteiger charge is 2.18. The molecule has 2 amide bonds. The number of aromatic nitrogens is 3. The second-order valence-corrected chi connectivity index (χ2v) is 9.46. The van der Waals surface area contributed by atoms with Crippen LogP contribution in [0, 0.1) is 0 Å². The Morgan fingerprint density at radius 1 is 1.18 bits per heavy atom. The number of rotatable bonds is 6. The average Bonchev–Trinajstić information content (AvgIpc) is 3.28. The Morgan fingerprint density at radius 3 is 2.73 bits per heavy atom. The predicted octanol–water partition coefficient (Wildman–Crippen LogP) is 4.18. The van der Waals surface area contributed by atoms with Gasteiger partial charge >= 0.3 is 6.03 Å². The molecular formula is C23H28N6O3S. The number of benzene rings is 1. The van der Waals surface area contributed by atoms with Gasteiger partial charge in [0.15, 0.2) is 5.13 Å². The molecule has 174 valence electrons. The molecule has 9 nitrogen and oxygen atoms in total. The Labute approximate surface area is 197 Å². The molecule has 1 aliphatic heterocycles. The third kappa shape index (κ3) is 6.17. The number of hydrogen-bond donors (Lipinski definition) is 2. The van der Waals surface area contributed by atoms with Gasteiger partial charge in [0.1, 0.15) is 5.75 Å². The van der Waals surface area contributed by atoms with Crippen molar-refractivity contribution < 1.29 is 14.3 Å². The molecule has 2 N–H and O–H groups in total. The summed E-state index contributed by atoms with van der Waals surface area (Å²) >= 11 is 1.41. The summed E-state index contributed by atoms with van der Waals surface area (Å²) in [5.74, 6) is 1.68. The van der Waals surface area contributed by atoms with E-state index in [1.54, 1.807) is 12.3 Å². The molecule has 0 saturated carbocycles. The quantitative estimate of drug-likeness (QED) is 0.560. The van der Waals surface area contributed by atoms with Gasteiger partial charge in [-0.25, -0.2) is 14.8 Å². The van der Waals surface area contributed by atoms with Crippen LogP contribution in [0.3, 0.4) is 0 Å². The van der Waals surface area contributed by atoms with Crippen LogP contribution in [0.2, 0.25) is 0 Å². The van der Waals surface area contributed by atoms with Crippen LogP contribution in [-0.2, 0) is 16.7 Å². The lowest BCUT2D eigenvalue weighted by molar-refractivity contribution is 0.122. The fourth-order valence-electron chi connectivity index (χ4n) is 3.16. The van der Waals surface area contributed by atoms with Gasteiger partial charge in [0.05, 0.1) is 18.9 Å². The summed E-state index contributed by atoms with van der Waals surface area (Å²) < 4.78 is 11.4. The molecule has 3 aromatic rings. The third-order valence-electron chi connectivity index (χ3n) is 5.03. The summed E-state index contributed by atoms with van der Waals surface area (Å²) in [6, 6.07) is 8.93. The summed E-state index contributed by atoms with van der Waals surface area (Å²) in [4.78, 5) is 27.8. The molecule has 0 aliphatic carbocycles. The summed E-state index contributed by atoms with van der Waals surface area (Å²) in [6.45, 7) is 9.36. The number of anilines is 2. The van der Waals surface area contributed by atoms with E-state index in [-0.39, 0.29) is 11.4 Å². The second kappa shape index (κ2) is 10.1. The number of nitrogens with zero attached hydrogens (tertiary/aromatic N) is 4. The Morgan fingerprint density at radius 2 is 1.97 bits per heavy atom. The van der Waals surface area contributed by atoms with E-state index in [4.69, 9.17) is 9.47 Å². The van der Waals surface area contributed by atoms with E-state index in [1.165, 1.54) is 11.3 Å². The van der Waals surface area contributed by atoms with Crippen molar-refractivity contribution in [3.05, 3.63) is 53.2 Å². The molecule has 0 spiro atoms. The molecule has 0 bridgehead atoms. The van der Waals surface area contributed by atoms with Gasteiger partial charge < -0.3 is 19.7 Å². The minimum Gasteiger partial charge on any atom is -0.439 e. The normalized spacial score (nSPS) is 14.1. The van der Waals surface area contributed by atoms with Gasteiger partial charge in [0, 0.05) is 48.3 Å². The number of carbonyl (C=O) groups is 1. The number of urea groups is 1. The van der Waals surface area contributed by atoms with Gasteiger partial charge in [-0.2, -0.15) is 4.98 Å². The Balaban J connectivity index is 1.38. The Hall–Kier alpha value is -3.24. The van der Waals surface area contributed by atoms with E-state index in [9.17, 15) is 4.79 Å². The highest BCUT2D eigenvalue weighted by atomic mass is 32.1. The van der Waals surface area contributed by atoms with Crippen molar-refractivity contribution >= 4 is 28.4 Å². The van der Waals surface area contributed by atoms with E-state index in [1.807, 2.05) is 29.6 Å². The largest absolute Gasteiger partial charge is 0.439 e. The molecule has 1 saturated heterocycles. The van der Waals surface area contributed by atoms with Crippen LogP contribution in [0.15, 0.2) is 41.9 Å². The minimum absolute atomic E-state index is 0.0637. The van der Waals surface area contributed by atoms with Gasteiger partial charge in [0.25, 0.3) is 0 Å². The van der Waals surface area contributed by atoms with Gasteiger partial charge in [-0.1, -0.05) is 39.0 Å². The van der Waals surface area contributed by atoms with Crippen LogP contribution in [0.4, 0.5) is 15.9 Å². The molecule has 4 rings (SSSR count). The molecule has 3 heterocycles. The highest BCUT2D eigenvalue weighted by molar-refractivity contribution is 7.13. The first kappa shape index (κ1) is 22.9. The van der Waals surface area contributed by atoms with Crippen LogP contribution in [0.25, 0.3) is 0 Å². The van der Waals surface area contributed by atoms with Gasteiger partial charge in [-0.05, 0) is 6.07 Å². The number of carbonyl (C=O) groups excluding carboxylic acids is 1. The average molecular weight is 469 g/mol. The van der Waals surface area contributed by atoms with E-state index < -0.39 is 0 Å². The van der Waals surface area contributed by atoms with Gasteiger partial charge in [-0.3, -0.25) is 5.32 Å². The number of thiazole rings is 1. The maximum Gasteiger partial charge on any atom is 0.321 e. The fourth-order valence-corrected chi connectivity index (χ4v) is 4.09. The minimum atomic E-state index is -0.323. The first-order valence-corrected chi connectivity index (χ1v) is 11.7. The van der Waals surface area contributed by atoms with Crippen molar-refractivity contribution in [2.45, 2.75) is 32.7 Å². The molecule has 1 fully saturated rings. The molecule has 2 aromatic heterocycles. The zero-order valence-corrected chi connectivity index (χ0v) is 19.8. The van der Waals surface area contributed by atoms with Gasteiger partial charge in [-0.15, -0.1) is 11.3 Å². The van der Waals surface area contributed by atoms with E-state index >= 15 is 0 Å².